The van der Waals surface area contributed by atoms with Crippen molar-refractivity contribution in [3.63, 3.8) is 0 Å². The summed E-state index contributed by atoms with van der Waals surface area (Å²) < 4.78 is 11.1. The van der Waals surface area contributed by atoms with Gasteiger partial charge in [0, 0.05) is 7.05 Å². The molecule has 2 rings (SSSR count). The molecule has 0 saturated carbocycles. The molecule has 1 aromatic carbocycles. The fraction of sp³-hybridized carbons (Fsp3) is 0.250. The molecule has 1 heterocycles. The Morgan fingerprint density at radius 2 is 1.84 bits per heavy atom. The van der Waals surface area contributed by atoms with E-state index in [-0.39, 0.29) is 11.4 Å². The van der Waals surface area contributed by atoms with E-state index in [2.05, 4.69) is 0 Å². The monoisotopic (exact) mass is 347 g/mol. The molecule has 2 aromatic rings. The lowest BCUT2D eigenvalue weighted by atomic mass is 10.2. The van der Waals surface area contributed by atoms with Crippen LogP contribution >= 0.6 is 0 Å². The Morgan fingerprint density at radius 1 is 1.20 bits per heavy atom. The van der Waals surface area contributed by atoms with Gasteiger partial charge >= 0.3 is 11.7 Å². The Balaban J connectivity index is 2.10. The molecule has 0 unspecified atom stereocenters. The molecule has 132 valence electrons. The number of nitrogen functional groups attached to an aromatic ring is 1. The van der Waals surface area contributed by atoms with Crippen molar-refractivity contribution in [1.29, 1.82) is 0 Å². The maximum absolute atomic E-state index is 12.1. The van der Waals surface area contributed by atoms with Gasteiger partial charge in [0.1, 0.15) is 17.1 Å². The summed E-state index contributed by atoms with van der Waals surface area (Å²) in [5, 5.41) is 0. The standard InChI is InChI=1S/C16H17N3O6/c1-3-24-10-6-4-9(5-7-10)15(22)25-8-11(20)12-13(17)19(2)16(23)18-14(12)21/h4-7H,3,8,17H2,1-2H3,(H,18,21,23). The summed E-state index contributed by atoms with van der Waals surface area (Å²) in [4.78, 5) is 49.2. The number of H-pyrrole nitrogens is 1. The molecule has 0 atom stereocenters. The molecule has 3 N–H and O–H groups in total. The van der Waals surface area contributed by atoms with E-state index in [0.717, 1.165) is 4.57 Å². The van der Waals surface area contributed by atoms with Crippen molar-refractivity contribution in [1.82, 2.24) is 9.55 Å². The van der Waals surface area contributed by atoms with Crippen LogP contribution in [0.4, 0.5) is 5.82 Å². The predicted octanol–water partition coefficient (Wildman–Crippen LogP) is 0.0942. The number of carbonyl (C=O) groups is 2. The molecule has 1 aromatic heterocycles. The van der Waals surface area contributed by atoms with Crippen molar-refractivity contribution >= 4 is 17.6 Å². The van der Waals surface area contributed by atoms with Gasteiger partial charge in [-0.05, 0) is 31.2 Å². The van der Waals surface area contributed by atoms with Crippen LogP contribution in [0.1, 0.15) is 27.6 Å². The first-order chi connectivity index (χ1) is 11.8. The number of ketones is 1. The number of aromatic amines is 1. The number of nitrogens with one attached hydrogen (secondary N) is 1. The maximum Gasteiger partial charge on any atom is 0.338 e. The highest BCUT2D eigenvalue weighted by Gasteiger charge is 2.20. The quantitative estimate of drug-likeness (QED) is 0.559. The molecule has 9 nitrogen and oxygen atoms in total. The SMILES string of the molecule is CCOc1ccc(C(=O)OCC(=O)c2c(N)n(C)c(=O)[nH]c2=O)cc1. The Labute approximate surface area is 142 Å². The van der Waals surface area contributed by atoms with E-state index in [4.69, 9.17) is 15.2 Å². The Morgan fingerprint density at radius 3 is 2.44 bits per heavy atom. The van der Waals surface area contributed by atoms with E-state index in [1.54, 1.807) is 12.1 Å². The zero-order valence-corrected chi connectivity index (χ0v) is 13.7. The van der Waals surface area contributed by atoms with E-state index in [9.17, 15) is 19.2 Å². The van der Waals surface area contributed by atoms with E-state index >= 15 is 0 Å². The number of nitrogens with zero attached hydrogens (tertiary/aromatic N) is 1. The van der Waals surface area contributed by atoms with Gasteiger partial charge in [0.2, 0.25) is 5.78 Å². The van der Waals surface area contributed by atoms with E-state index in [0.29, 0.717) is 12.4 Å². The van der Waals surface area contributed by atoms with Gasteiger partial charge in [0.25, 0.3) is 5.56 Å². The predicted molar refractivity (Wildman–Crippen MR) is 88.9 cm³/mol. The summed E-state index contributed by atoms with van der Waals surface area (Å²) in [6.07, 6.45) is 0. The number of nitrogens with two attached hydrogens (primary N) is 1. The second kappa shape index (κ2) is 7.47. The molecule has 0 saturated heterocycles. The molecule has 0 radical (unpaired) electrons. The van der Waals surface area contributed by atoms with Crippen molar-refractivity contribution in [2.24, 2.45) is 7.05 Å². The van der Waals surface area contributed by atoms with Gasteiger partial charge in [-0.3, -0.25) is 19.1 Å². The number of esters is 1. The second-order valence-electron chi connectivity index (χ2n) is 5.04. The number of hydrogen-bond acceptors (Lipinski definition) is 7. The van der Waals surface area contributed by atoms with E-state index in [1.807, 2.05) is 11.9 Å². The van der Waals surface area contributed by atoms with Crippen LogP contribution in [-0.2, 0) is 11.8 Å². The molecule has 9 heteroatoms. The summed E-state index contributed by atoms with van der Waals surface area (Å²) >= 11 is 0. The lowest BCUT2D eigenvalue weighted by Gasteiger charge is -2.08. The number of rotatable bonds is 6. The van der Waals surface area contributed by atoms with Gasteiger partial charge in [0.15, 0.2) is 6.61 Å². The van der Waals surface area contributed by atoms with Crippen LogP contribution in [0, 0.1) is 0 Å². The highest BCUT2D eigenvalue weighted by Crippen LogP contribution is 2.13. The van der Waals surface area contributed by atoms with Gasteiger partial charge in [-0.2, -0.15) is 0 Å². The first-order valence-electron chi connectivity index (χ1n) is 7.37. The van der Waals surface area contributed by atoms with Crippen molar-refractivity contribution in [3.8, 4) is 5.75 Å². The third-order valence-corrected chi connectivity index (χ3v) is 3.38. The fourth-order valence-corrected chi connectivity index (χ4v) is 2.05. The molecule has 0 aliphatic heterocycles. The summed E-state index contributed by atoms with van der Waals surface area (Å²) in [6, 6.07) is 6.17. The summed E-state index contributed by atoms with van der Waals surface area (Å²) in [5.41, 5.74) is 3.73. The summed E-state index contributed by atoms with van der Waals surface area (Å²) in [5.74, 6) is -1.25. The molecular weight excluding hydrogens is 330 g/mol. The van der Waals surface area contributed by atoms with Crippen LogP contribution in [0.2, 0.25) is 0 Å². The molecule has 0 spiro atoms. The van der Waals surface area contributed by atoms with Crippen molar-refractivity contribution in [3.05, 3.63) is 56.2 Å². The lowest BCUT2D eigenvalue weighted by molar-refractivity contribution is 0.0474. The normalized spacial score (nSPS) is 10.3. The molecule has 0 aliphatic carbocycles. The topological polar surface area (TPSA) is 133 Å². The van der Waals surface area contributed by atoms with Gasteiger partial charge in [-0.1, -0.05) is 0 Å². The molecule has 0 aliphatic rings. The third-order valence-electron chi connectivity index (χ3n) is 3.38. The minimum absolute atomic E-state index is 0.221. The van der Waals surface area contributed by atoms with Gasteiger partial charge in [0.05, 0.1) is 12.2 Å². The molecule has 25 heavy (non-hydrogen) atoms. The van der Waals surface area contributed by atoms with Gasteiger partial charge in [-0.25, -0.2) is 9.59 Å². The smallest absolute Gasteiger partial charge is 0.338 e. The molecule has 0 fully saturated rings. The minimum atomic E-state index is -0.928. The zero-order chi connectivity index (χ0) is 18.6. The Kier molecular flexibility index (Phi) is 5.38. The Bertz CT molecular complexity index is 911. The number of anilines is 1. The number of hydrogen-bond donors (Lipinski definition) is 2. The maximum atomic E-state index is 12.1. The van der Waals surface area contributed by atoms with Crippen LogP contribution in [0.25, 0.3) is 0 Å². The second-order valence-corrected chi connectivity index (χ2v) is 5.04. The number of carbonyl (C=O) groups excluding carboxylic acids is 2. The zero-order valence-electron chi connectivity index (χ0n) is 13.7. The summed E-state index contributed by atoms with van der Waals surface area (Å²) in [6.45, 7) is 1.64. The van der Waals surface area contributed by atoms with Gasteiger partial charge < -0.3 is 15.2 Å². The molecule has 0 amide bonds. The highest BCUT2D eigenvalue weighted by molar-refractivity contribution is 6.02. The van der Waals surface area contributed by atoms with Crippen LogP contribution in [-0.4, -0.2) is 34.5 Å². The van der Waals surface area contributed by atoms with Crippen LogP contribution in [0.15, 0.2) is 33.9 Å². The van der Waals surface area contributed by atoms with Gasteiger partial charge in [-0.15, -0.1) is 0 Å². The van der Waals surface area contributed by atoms with Crippen molar-refractivity contribution in [2.45, 2.75) is 6.92 Å². The van der Waals surface area contributed by atoms with Crippen molar-refractivity contribution < 1.29 is 19.1 Å². The number of aromatic nitrogens is 2. The van der Waals surface area contributed by atoms with E-state index in [1.165, 1.54) is 19.2 Å². The van der Waals surface area contributed by atoms with Crippen LogP contribution < -0.4 is 21.7 Å². The van der Waals surface area contributed by atoms with Crippen LogP contribution in [0.5, 0.6) is 5.75 Å². The number of benzene rings is 1. The highest BCUT2D eigenvalue weighted by atomic mass is 16.5. The average Bonchev–Trinajstić information content (AvgIpc) is 2.58. The molecule has 0 bridgehead atoms. The fourth-order valence-electron chi connectivity index (χ4n) is 2.05. The van der Waals surface area contributed by atoms with E-state index < -0.39 is 35.2 Å². The third kappa shape index (κ3) is 3.94. The Hall–Kier alpha value is -3.36. The largest absolute Gasteiger partial charge is 0.494 e. The number of ether oxygens (including phenoxy) is 2. The molecular formula is C16H17N3O6. The lowest BCUT2D eigenvalue weighted by Crippen LogP contribution is -2.35. The summed E-state index contributed by atoms with van der Waals surface area (Å²) in [7, 11) is 1.30. The first-order valence-corrected chi connectivity index (χ1v) is 7.37. The first kappa shape index (κ1) is 18.0. The number of Topliss-reactive ketones (excluding diaryl/α,β-unsaturated/α-hetero) is 1. The minimum Gasteiger partial charge on any atom is -0.494 e. The van der Waals surface area contributed by atoms with Crippen LogP contribution in [0.3, 0.4) is 0 Å². The van der Waals surface area contributed by atoms with Crippen molar-refractivity contribution in [2.75, 3.05) is 18.9 Å². The average molecular weight is 347 g/mol.